The number of hydrogen-bond acceptors (Lipinski definition) is 3. The predicted octanol–water partition coefficient (Wildman–Crippen LogP) is 1.86. The first-order valence-corrected chi connectivity index (χ1v) is 9.20. The Morgan fingerprint density at radius 2 is 1.83 bits per heavy atom. The van der Waals surface area contributed by atoms with Crippen LogP contribution in [0.5, 0.6) is 0 Å². The number of nitrogens with zero attached hydrogens (tertiary/aromatic N) is 1. The van der Waals surface area contributed by atoms with Gasteiger partial charge in [-0.1, -0.05) is 26.2 Å². The van der Waals surface area contributed by atoms with Crippen molar-refractivity contribution in [3.8, 4) is 0 Å². The van der Waals surface area contributed by atoms with Gasteiger partial charge in [0.05, 0.1) is 6.42 Å². The second-order valence-electron chi connectivity index (χ2n) is 7.33. The molecular formula is C18H32N3O2. The number of hydrogen-bond donors (Lipinski definition) is 2. The van der Waals surface area contributed by atoms with E-state index in [1.165, 1.54) is 38.6 Å². The average Bonchev–Trinajstić information content (AvgIpc) is 2.55. The van der Waals surface area contributed by atoms with Crippen LogP contribution in [0.15, 0.2) is 0 Å². The van der Waals surface area contributed by atoms with Crippen molar-refractivity contribution in [2.45, 2.75) is 64.3 Å². The molecule has 2 aliphatic rings. The molecule has 1 aliphatic carbocycles. The Kier molecular flexibility index (Phi) is 7.34. The first-order valence-electron chi connectivity index (χ1n) is 9.20. The molecule has 1 radical (unpaired) electrons. The molecule has 5 nitrogen and oxygen atoms in total. The Bertz CT molecular complexity index is 386. The van der Waals surface area contributed by atoms with Gasteiger partial charge in [-0.3, -0.25) is 9.59 Å². The third-order valence-corrected chi connectivity index (χ3v) is 5.32. The van der Waals surface area contributed by atoms with Gasteiger partial charge >= 0.3 is 0 Å². The fourth-order valence-electron chi connectivity index (χ4n) is 3.65. The summed E-state index contributed by atoms with van der Waals surface area (Å²) in [4.78, 5) is 25.4. The SMILES string of the molecule is C[C@@H](C[CH]C(=O)NC1CCN(CC2CCCCC2)CC1)C(N)=O. The number of amides is 2. The van der Waals surface area contributed by atoms with E-state index in [-0.39, 0.29) is 23.8 Å². The highest BCUT2D eigenvalue weighted by atomic mass is 16.2. The molecule has 1 saturated carbocycles. The van der Waals surface area contributed by atoms with Gasteiger partial charge in [0.2, 0.25) is 11.8 Å². The summed E-state index contributed by atoms with van der Waals surface area (Å²) in [6, 6.07) is 0.269. The molecule has 0 bridgehead atoms. The number of carbonyl (C=O) groups is 2. The number of nitrogens with two attached hydrogens (primary N) is 1. The Labute approximate surface area is 140 Å². The lowest BCUT2D eigenvalue weighted by molar-refractivity contribution is -0.121. The molecular weight excluding hydrogens is 290 g/mol. The summed E-state index contributed by atoms with van der Waals surface area (Å²) in [6.45, 7) is 5.15. The molecule has 1 saturated heterocycles. The normalized spacial score (nSPS) is 22.7. The van der Waals surface area contributed by atoms with Crippen molar-refractivity contribution in [3.05, 3.63) is 6.42 Å². The lowest BCUT2D eigenvalue weighted by Crippen LogP contribution is -2.46. The summed E-state index contributed by atoms with van der Waals surface area (Å²) >= 11 is 0. The van der Waals surface area contributed by atoms with Gasteiger partial charge in [0.1, 0.15) is 0 Å². The zero-order valence-electron chi connectivity index (χ0n) is 14.4. The first kappa shape index (κ1) is 18.2. The van der Waals surface area contributed by atoms with Crippen molar-refractivity contribution in [1.82, 2.24) is 10.2 Å². The second-order valence-corrected chi connectivity index (χ2v) is 7.33. The van der Waals surface area contributed by atoms with Crippen molar-refractivity contribution in [1.29, 1.82) is 0 Å². The highest BCUT2D eigenvalue weighted by molar-refractivity contribution is 5.86. The van der Waals surface area contributed by atoms with E-state index in [9.17, 15) is 9.59 Å². The van der Waals surface area contributed by atoms with Gasteiger partial charge in [-0.2, -0.15) is 0 Å². The maximum absolute atomic E-state index is 11.9. The average molecular weight is 322 g/mol. The van der Waals surface area contributed by atoms with E-state index in [1.807, 2.05) is 0 Å². The van der Waals surface area contributed by atoms with Crippen LogP contribution in [-0.4, -0.2) is 42.4 Å². The van der Waals surface area contributed by atoms with E-state index < -0.39 is 0 Å². The molecule has 1 aliphatic heterocycles. The molecule has 0 aromatic rings. The smallest absolute Gasteiger partial charge is 0.224 e. The minimum atomic E-state index is -0.356. The number of nitrogens with one attached hydrogen (secondary N) is 1. The van der Waals surface area contributed by atoms with Crippen LogP contribution in [0.3, 0.4) is 0 Å². The highest BCUT2D eigenvalue weighted by Crippen LogP contribution is 2.25. The van der Waals surface area contributed by atoms with E-state index in [2.05, 4.69) is 10.2 Å². The first-order chi connectivity index (χ1) is 11.0. The van der Waals surface area contributed by atoms with Crippen molar-refractivity contribution >= 4 is 11.8 Å². The van der Waals surface area contributed by atoms with Crippen LogP contribution in [0.25, 0.3) is 0 Å². The van der Waals surface area contributed by atoms with E-state index >= 15 is 0 Å². The number of primary amides is 1. The van der Waals surface area contributed by atoms with Crippen LogP contribution < -0.4 is 11.1 Å². The van der Waals surface area contributed by atoms with E-state index in [4.69, 9.17) is 5.73 Å². The fourth-order valence-corrected chi connectivity index (χ4v) is 3.65. The van der Waals surface area contributed by atoms with Gasteiger partial charge in [-0.25, -0.2) is 0 Å². The zero-order chi connectivity index (χ0) is 16.7. The largest absolute Gasteiger partial charge is 0.369 e. The Morgan fingerprint density at radius 1 is 1.17 bits per heavy atom. The molecule has 2 amide bonds. The molecule has 0 unspecified atom stereocenters. The maximum atomic E-state index is 11.9. The van der Waals surface area contributed by atoms with Gasteiger partial charge < -0.3 is 16.0 Å². The lowest BCUT2D eigenvalue weighted by atomic mass is 9.88. The van der Waals surface area contributed by atoms with Crippen LogP contribution in [0.1, 0.15) is 58.3 Å². The van der Waals surface area contributed by atoms with Gasteiger partial charge in [0, 0.05) is 31.6 Å². The molecule has 1 atom stereocenters. The minimum absolute atomic E-state index is 0.0659. The predicted molar refractivity (Wildman–Crippen MR) is 91.5 cm³/mol. The quantitative estimate of drug-likeness (QED) is 0.751. The minimum Gasteiger partial charge on any atom is -0.369 e. The summed E-state index contributed by atoms with van der Waals surface area (Å²) in [7, 11) is 0. The summed E-state index contributed by atoms with van der Waals surface area (Å²) < 4.78 is 0. The molecule has 3 N–H and O–H groups in total. The molecule has 0 aromatic carbocycles. The molecule has 2 fully saturated rings. The van der Waals surface area contributed by atoms with E-state index in [0.717, 1.165) is 31.8 Å². The zero-order valence-corrected chi connectivity index (χ0v) is 14.4. The molecule has 131 valence electrons. The number of likely N-dealkylation sites (tertiary alicyclic amines) is 1. The van der Waals surface area contributed by atoms with E-state index in [1.54, 1.807) is 13.3 Å². The molecule has 0 aromatic heterocycles. The Morgan fingerprint density at radius 3 is 2.43 bits per heavy atom. The number of carbonyl (C=O) groups excluding carboxylic acids is 2. The van der Waals surface area contributed by atoms with Crippen molar-refractivity contribution in [2.24, 2.45) is 17.6 Å². The highest BCUT2D eigenvalue weighted by Gasteiger charge is 2.23. The molecule has 1 heterocycles. The molecule has 2 rings (SSSR count). The fraction of sp³-hybridized carbons (Fsp3) is 0.833. The topological polar surface area (TPSA) is 75.4 Å². The summed E-state index contributed by atoms with van der Waals surface area (Å²) in [6.07, 6.45) is 11.0. The van der Waals surface area contributed by atoms with Crippen LogP contribution in [-0.2, 0) is 9.59 Å². The summed E-state index contributed by atoms with van der Waals surface area (Å²) in [5.41, 5.74) is 5.20. The maximum Gasteiger partial charge on any atom is 0.224 e. The number of rotatable bonds is 7. The van der Waals surface area contributed by atoms with Gasteiger partial charge in [0.25, 0.3) is 0 Å². The van der Waals surface area contributed by atoms with Crippen LogP contribution >= 0.6 is 0 Å². The van der Waals surface area contributed by atoms with Crippen LogP contribution in [0.4, 0.5) is 0 Å². The summed E-state index contributed by atoms with van der Waals surface area (Å²) in [5, 5.41) is 3.06. The van der Waals surface area contributed by atoms with Crippen LogP contribution in [0, 0.1) is 18.3 Å². The molecule has 5 heteroatoms. The number of piperidine rings is 1. The van der Waals surface area contributed by atoms with Crippen LogP contribution in [0.2, 0.25) is 0 Å². The Balaban J connectivity index is 1.60. The lowest BCUT2D eigenvalue weighted by Gasteiger charge is -2.35. The standard InChI is InChI=1S/C18H32N3O2/c1-14(18(19)23)7-8-17(22)20-16-9-11-21(12-10-16)13-15-5-3-2-4-6-15/h8,14-16H,2-7,9-13H2,1H3,(H2,19,23)(H,20,22)/t14-/m0/s1. The van der Waals surface area contributed by atoms with Gasteiger partial charge in [0.15, 0.2) is 0 Å². The molecule has 23 heavy (non-hydrogen) atoms. The molecule has 0 spiro atoms. The van der Waals surface area contributed by atoms with Gasteiger partial charge in [-0.05, 0) is 38.0 Å². The van der Waals surface area contributed by atoms with E-state index in [0.29, 0.717) is 6.42 Å². The third kappa shape index (κ3) is 6.50. The van der Waals surface area contributed by atoms with Crippen molar-refractivity contribution in [3.63, 3.8) is 0 Å². The third-order valence-electron chi connectivity index (χ3n) is 5.32. The monoisotopic (exact) mass is 322 g/mol. The summed E-state index contributed by atoms with van der Waals surface area (Å²) in [5.74, 6) is 0.186. The second kappa shape index (κ2) is 9.26. The Hall–Kier alpha value is -1.10. The van der Waals surface area contributed by atoms with Gasteiger partial charge in [-0.15, -0.1) is 0 Å². The van der Waals surface area contributed by atoms with Crippen molar-refractivity contribution < 1.29 is 9.59 Å². The van der Waals surface area contributed by atoms with Crippen molar-refractivity contribution in [2.75, 3.05) is 19.6 Å².